The second-order valence-corrected chi connectivity index (χ2v) is 10.3. The Kier molecular flexibility index (Phi) is 5.56. The highest BCUT2D eigenvalue weighted by Crippen LogP contribution is 2.63. The van der Waals surface area contributed by atoms with Crippen molar-refractivity contribution in [1.82, 2.24) is 0 Å². The van der Waals surface area contributed by atoms with Crippen LogP contribution < -0.4 is 0 Å². The molecule has 0 aromatic carbocycles. The van der Waals surface area contributed by atoms with E-state index < -0.39 is 30.2 Å². The number of carbonyl (C=O) groups excluding carboxylic acids is 2. The fraction of sp³-hybridized carbons (Fsp3) is 0.826. The average Bonchev–Trinajstić information content (AvgIpc) is 2.76. The first-order valence-electron chi connectivity index (χ1n) is 10.7. The van der Waals surface area contributed by atoms with Crippen LogP contribution in [0.15, 0.2) is 12.7 Å². The van der Waals surface area contributed by atoms with Crippen molar-refractivity contribution in [3.63, 3.8) is 0 Å². The van der Waals surface area contributed by atoms with Gasteiger partial charge in [-0.3, -0.25) is 4.79 Å². The van der Waals surface area contributed by atoms with E-state index in [1.807, 2.05) is 6.92 Å². The largest absolute Gasteiger partial charge is 0.460 e. The van der Waals surface area contributed by atoms with Crippen LogP contribution in [0.25, 0.3) is 0 Å². The third kappa shape index (κ3) is 3.24. The first kappa shape index (κ1) is 21.5. The summed E-state index contributed by atoms with van der Waals surface area (Å²) in [5.74, 6) is -0.0736. The molecule has 3 bridgehead atoms. The Morgan fingerprint density at radius 3 is 2.61 bits per heavy atom. The van der Waals surface area contributed by atoms with Gasteiger partial charge in [0.15, 0.2) is 0 Å². The first-order valence-corrected chi connectivity index (χ1v) is 10.7. The van der Waals surface area contributed by atoms with Crippen LogP contribution in [0.4, 0.5) is 0 Å². The molecule has 0 aliphatic heterocycles. The van der Waals surface area contributed by atoms with Crippen molar-refractivity contribution in [1.29, 1.82) is 0 Å². The molecule has 0 unspecified atom stereocenters. The summed E-state index contributed by atoms with van der Waals surface area (Å²) >= 11 is 0. The molecule has 8 atom stereocenters. The van der Waals surface area contributed by atoms with Gasteiger partial charge in [0.1, 0.15) is 18.5 Å². The second-order valence-electron chi connectivity index (χ2n) is 10.3. The van der Waals surface area contributed by atoms with Gasteiger partial charge in [-0.15, -0.1) is 6.58 Å². The van der Waals surface area contributed by atoms with Crippen molar-refractivity contribution < 1.29 is 24.5 Å². The van der Waals surface area contributed by atoms with Crippen molar-refractivity contribution in [2.75, 3.05) is 6.61 Å². The number of ether oxygens (including phenoxy) is 1. The monoisotopic (exact) mass is 392 g/mol. The highest BCUT2D eigenvalue weighted by molar-refractivity contribution is 5.82. The number of aliphatic hydroxyl groups is 2. The smallest absolute Gasteiger partial charge is 0.332 e. The molecule has 3 aliphatic carbocycles. The fourth-order valence-corrected chi connectivity index (χ4v) is 6.53. The van der Waals surface area contributed by atoms with Crippen LogP contribution in [0.5, 0.6) is 0 Å². The number of carbonyl (C=O) groups is 2. The van der Waals surface area contributed by atoms with Crippen LogP contribution in [0, 0.1) is 34.0 Å². The molecule has 0 heterocycles. The standard InChI is InChI=1S/C23H36O5/c1-6-21(4)11-18(28-19(26)12-24)22(5)13-23(15(3)20(21)27)8-7-17(25)16(10-23)9-14(22)2/h6,14-16,18,20,24,27H,1,7-13H2,2-5H3/t14-,15+,16+,18-,20+,21-,22+,23+/m1/s1. The Bertz CT molecular complexity index is 659. The lowest BCUT2D eigenvalue weighted by molar-refractivity contribution is -0.179. The van der Waals surface area contributed by atoms with Gasteiger partial charge in [-0.1, -0.05) is 33.8 Å². The topological polar surface area (TPSA) is 83.8 Å². The molecule has 0 radical (unpaired) electrons. The number of hydrogen-bond acceptors (Lipinski definition) is 5. The van der Waals surface area contributed by atoms with Gasteiger partial charge in [0.25, 0.3) is 0 Å². The van der Waals surface area contributed by atoms with Crippen LogP contribution in [0.2, 0.25) is 0 Å². The number of rotatable bonds is 3. The molecular formula is C23H36O5. The Labute approximate surface area is 168 Å². The third-order valence-electron chi connectivity index (χ3n) is 8.82. The molecular weight excluding hydrogens is 356 g/mol. The molecule has 3 fully saturated rings. The molecule has 0 aromatic heterocycles. The summed E-state index contributed by atoms with van der Waals surface area (Å²) in [6.45, 7) is 11.8. The minimum Gasteiger partial charge on any atom is -0.460 e. The number of esters is 1. The normalized spacial score (nSPS) is 48.8. The Morgan fingerprint density at radius 2 is 2.00 bits per heavy atom. The summed E-state index contributed by atoms with van der Waals surface area (Å²) in [4.78, 5) is 24.7. The highest BCUT2D eigenvalue weighted by Gasteiger charge is 2.60. The molecule has 1 spiro atoms. The fourth-order valence-electron chi connectivity index (χ4n) is 6.53. The number of ketones is 1. The maximum Gasteiger partial charge on any atom is 0.332 e. The number of Topliss-reactive ketones (excluding diaryl/α,β-unsaturated/α-hetero) is 1. The van der Waals surface area contributed by atoms with Gasteiger partial charge in [-0.2, -0.15) is 0 Å². The van der Waals surface area contributed by atoms with Crippen molar-refractivity contribution in [3.8, 4) is 0 Å². The SMILES string of the molecule is C=C[C@]1(C)C[C@@H](OC(=O)CO)[C@@]2(C)C[C@@]3(CCC(=O)[C@@H](C[C@H]2C)C3)[C@@H](C)[C@@H]1O. The lowest BCUT2D eigenvalue weighted by atomic mass is 9.51. The molecule has 3 rings (SSSR count). The zero-order valence-electron chi connectivity index (χ0n) is 17.7. The molecule has 3 aliphatic rings. The molecule has 0 amide bonds. The minimum absolute atomic E-state index is 0.0162. The summed E-state index contributed by atoms with van der Waals surface area (Å²) in [6, 6.07) is 0. The molecule has 2 N–H and O–H groups in total. The molecule has 0 aromatic rings. The summed E-state index contributed by atoms with van der Waals surface area (Å²) < 4.78 is 5.81. The molecule has 28 heavy (non-hydrogen) atoms. The van der Waals surface area contributed by atoms with Crippen LogP contribution in [-0.2, 0) is 14.3 Å². The molecule has 158 valence electrons. The summed E-state index contributed by atoms with van der Waals surface area (Å²) in [6.07, 6.45) is 4.93. The summed E-state index contributed by atoms with van der Waals surface area (Å²) in [5, 5.41) is 20.7. The maximum atomic E-state index is 12.6. The van der Waals surface area contributed by atoms with Gasteiger partial charge < -0.3 is 14.9 Å². The van der Waals surface area contributed by atoms with E-state index in [1.165, 1.54) is 0 Å². The lowest BCUT2D eigenvalue weighted by Crippen LogP contribution is -2.55. The predicted molar refractivity (Wildman–Crippen MR) is 106 cm³/mol. The molecule has 0 saturated heterocycles. The van der Waals surface area contributed by atoms with Crippen molar-refractivity contribution in [3.05, 3.63) is 12.7 Å². The van der Waals surface area contributed by atoms with E-state index in [0.29, 0.717) is 18.6 Å². The van der Waals surface area contributed by atoms with Crippen LogP contribution in [0.1, 0.15) is 66.2 Å². The second kappa shape index (κ2) is 7.24. The van der Waals surface area contributed by atoms with Crippen molar-refractivity contribution in [2.24, 2.45) is 34.0 Å². The van der Waals surface area contributed by atoms with E-state index in [9.17, 15) is 19.8 Å². The van der Waals surface area contributed by atoms with Crippen molar-refractivity contribution >= 4 is 11.8 Å². The summed E-state index contributed by atoms with van der Waals surface area (Å²) in [7, 11) is 0. The third-order valence-corrected chi connectivity index (χ3v) is 8.82. The predicted octanol–water partition coefficient (Wildman–Crippen LogP) is 3.28. The number of aliphatic hydroxyl groups excluding tert-OH is 2. The summed E-state index contributed by atoms with van der Waals surface area (Å²) in [5.41, 5.74) is -1.11. The molecule has 5 heteroatoms. The quantitative estimate of drug-likeness (QED) is 0.569. The van der Waals surface area contributed by atoms with Gasteiger partial charge in [-0.25, -0.2) is 4.79 Å². The Hall–Kier alpha value is -1.20. The highest BCUT2D eigenvalue weighted by atomic mass is 16.6. The van der Waals surface area contributed by atoms with Crippen LogP contribution >= 0.6 is 0 Å². The Balaban J connectivity index is 2.16. The minimum atomic E-state index is -0.656. The zero-order chi connectivity index (χ0) is 20.9. The van der Waals surface area contributed by atoms with Crippen LogP contribution in [0.3, 0.4) is 0 Å². The number of hydrogen-bond donors (Lipinski definition) is 2. The van der Waals surface area contributed by atoms with Gasteiger partial charge in [0.05, 0.1) is 6.10 Å². The van der Waals surface area contributed by atoms with E-state index in [4.69, 9.17) is 4.74 Å². The van der Waals surface area contributed by atoms with E-state index in [0.717, 1.165) is 25.7 Å². The zero-order valence-corrected chi connectivity index (χ0v) is 17.7. The van der Waals surface area contributed by atoms with E-state index in [-0.39, 0.29) is 28.6 Å². The van der Waals surface area contributed by atoms with Gasteiger partial charge >= 0.3 is 5.97 Å². The van der Waals surface area contributed by atoms with E-state index in [2.05, 4.69) is 27.4 Å². The maximum absolute atomic E-state index is 12.6. The molecule has 5 nitrogen and oxygen atoms in total. The first-order chi connectivity index (χ1) is 13.0. The molecule has 3 saturated carbocycles. The average molecular weight is 393 g/mol. The van der Waals surface area contributed by atoms with Gasteiger partial charge in [0, 0.05) is 23.2 Å². The van der Waals surface area contributed by atoms with E-state index >= 15 is 0 Å². The van der Waals surface area contributed by atoms with Crippen molar-refractivity contribution in [2.45, 2.75) is 78.4 Å². The van der Waals surface area contributed by atoms with Crippen LogP contribution in [-0.4, -0.2) is 40.8 Å². The van der Waals surface area contributed by atoms with Gasteiger partial charge in [-0.05, 0) is 49.4 Å². The lowest BCUT2D eigenvalue weighted by Gasteiger charge is -2.56. The van der Waals surface area contributed by atoms with Gasteiger partial charge in [0.2, 0.25) is 0 Å². The number of fused-ring (bicyclic) bond motifs is 2. The Morgan fingerprint density at radius 1 is 1.32 bits per heavy atom. The van der Waals surface area contributed by atoms with E-state index in [1.54, 1.807) is 6.08 Å².